The number of likely N-dealkylation sites (tertiary alicyclic amines) is 1. The van der Waals surface area contributed by atoms with Crippen LogP contribution in [0.1, 0.15) is 11.8 Å². The third-order valence-electron chi connectivity index (χ3n) is 5.58. The van der Waals surface area contributed by atoms with Crippen LogP contribution in [-0.2, 0) is 25.4 Å². The van der Waals surface area contributed by atoms with Crippen LogP contribution in [-0.4, -0.2) is 52.7 Å². The van der Waals surface area contributed by atoms with Gasteiger partial charge in [0.25, 0.3) is 5.56 Å². The van der Waals surface area contributed by atoms with E-state index < -0.39 is 11.2 Å². The molecule has 1 fully saturated rings. The highest BCUT2D eigenvalue weighted by atomic mass is 16.5. The Morgan fingerprint density at radius 2 is 1.87 bits per heavy atom. The molecule has 0 unspecified atom stereocenters. The number of hydrogen-bond acceptors (Lipinski definition) is 7. The van der Waals surface area contributed by atoms with Gasteiger partial charge in [-0.3, -0.25) is 18.7 Å². The number of carbonyl (C=O) groups excluding carboxylic acids is 1. The lowest BCUT2D eigenvalue weighted by atomic mass is 10.00. The molecule has 1 amide bonds. The van der Waals surface area contributed by atoms with Crippen molar-refractivity contribution in [2.75, 3.05) is 13.1 Å². The number of amides is 1. The molecule has 0 N–H and O–H groups in total. The maximum Gasteiger partial charge on any atom is 0.332 e. The molecule has 4 heterocycles. The summed E-state index contributed by atoms with van der Waals surface area (Å²) in [5.74, 6) is 0.836. The highest BCUT2D eigenvalue weighted by Gasteiger charge is 2.36. The molecule has 1 aliphatic heterocycles. The zero-order valence-corrected chi connectivity index (χ0v) is 16.9. The van der Waals surface area contributed by atoms with Crippen LogP contribution in [0.5, 0.6) is 0 Å². The van der Waals surface area contributed by atoms with Gasteiger partial charge in [0.2, 0.25) is 17.6 Å². The summed E-state index contributed by atoms with van der Waals surface area (Å²) in [6, 6.07) is 9.53. The Balaban J connectivity index is 1.29. The minimum Gasteiger partial charge on any atom is -0.339 e. The summed E-state index contributed by atoms with van der Waals surface area (Å²) in [6.07, 6.45) is 1.41. The Kier molecular flexibility index (Phi) is 4.31. The van der Waals surface area contributed by atoms with E-state index in [-0.39, 0.29) is 29.5 Å². The molecule has 158 valence electrons. The topological polar surface area (TPSA) is 121 Å². The molecule has 0 radical (unpaired) electrons. The second-order valence-electron chi connectivity index (χ2n) is 7.57. The van der Waals surface area contributed by atoms with Crippen molar-refractivity contribution in [1.82, 2.24) is 33.7 Å². The van der Waals surface area contributed by atoms with Crippen molar-refractivity contribution >= 4 is 17.1 Å². The number of aromatic nitrogens is 6. The number of hydrogen-bond donors (Lipinski definition) is 0. The second-order valence-corrected chi connectivity index (χ2v) is 7.57. The molecule has 0 saturated carbocycles. The van der Waals surface area contributed by atoms with Crippen LogP contribution in [0.2, 0.25) is 0 Å². The number of rotatable bonds is 4. The maximum atomic E-state index is 12.7. The number of fused-ring (bicyclic) bond motifs is 1. The Hall–Kier alpha value is -4.02. The van der Waals surface area contributed by atoms with E-state index in [2.05, 4.69) is 15.1 Å². The first-order chi connectivity index (χ1) is 14.9. The molecule has 3 aromatic heterocycles. The molecule has 11 heteroatoms. The van der Waals surface area contributed by atoms with Crippen LogP contribution in [0.25, 0.3) is 22.6 Å². The van der Waals surface area contributed by atoms with Crippen molar-refractivity contribution in [1.29, 1.82) is 0 Å². The fraction of sp³-hybridized carbons (Fsp3) is 0.300. The van der Waals surface area contributed by atoms with E-state index in [1.807, 2.05) is 30.3 Å². The molecule has 5 rings (SSSR count). The van der Waals surface area contributed by atoms with Crippen LogP contribution in [0.15, 0.2) is 50.8 Å². The molecule has 0 aliphatic carbocycles. The van der Waals surface area contributed by atoms with Crippen molar-refractivity contribution in [3.8, 4) is 11.4 Å². The van der Waals surface area contributed by atoms with Gasteiger partial charge in [-0.25, -0.2) is 9.78 Å². The summed E-state index contributed by atoms with van der Waals surface area (Å²) in [5, 5.41) is 4.02. The van der Waals surface area contributed by atoms with E-state index in [1.54, 1.807) is 4.90 Å². The van der Waals surface area contributed by atoms with Gasteiger partial charge in [-0.15, -0.1) is 0 Å². The molecular formula is C20H19N7O4. The Labute approximate surface area is 175 Å². The van der Waals surface area contributed by atoms with Gasteiger partial charge in [0, 0.05) is 32.7 Å². The minimum absolute atomic E-state index is 0.0258. The van der Waals surface area contributed by atoms with Crippen LogP contribution < -0.4 is 11.2 Å². The molecule has 4 aromatic rings. The van der Waals surface area contributed by atoms with Gasteiger partial charge in [0.1, 0.15) is 6.54 Å². The van der Waals surface area contributed by atoms with Crippen molar-refractivity contribution in [3.05, 3.63) is 63.4 Å². The van der Waals surface area contributed by atoms with Gasteiger partial charge < -0.3 is 14.0 Å². The standard InChI is InChI=1S/C20H19N7O4/c1-24-17-15(19(29)25(2)20(24)30)27(11-21-17)10-14(28)26-8-13(9-26)18-22-16(23-31-18)12-6-4-3-5-7-12/h3-7,11,13H,8-10H2,1-2H3. The first-order valence-corrected chi connectivity index (χ1v) is 9.71. The summed E-state index contributed by atoms with van der Waals surface area (Å²) in [4.78, 5) is 47.5. The summed E-state index contributed by atoms with van der Waals surface area (Å²) >= 11 is 0. The predicted octanol–water partition coefficient (Wildman–Crippen LogP) is 0.110. The van der Waals surface area contributed by atoms with Gasteiger partial charge in [0.15, 0.2) is 11.2 Å². The van der Waals surface area contributed by atoms with E-state index in [1.165, 1.54) is 29.6 Å². The fourth-order valence-electron chi connectivity index (χ4n) is 3.71. The van der Waals surface area contributed by atoms with Crippen molar-refractivity contribution < 1.29 is 9.32 Å². The summed E-state index contributed by atoms with van der Waals surface area (Å²) in [5.41, 5.74) is 0.395. The lowest BCUT2D eigenvalue weighted by molar-refractivity contribution is -0.136. The van der Waals surface area contributed by atoms with Crippen LogP contribution >= 0.6 is 0 Å². The maximum absolute atomic E-state index is 12.7. The highest BCUT2D eigenvalue weighted by molar-refractivity contribution is 5.79. The second kappa shape index (κ2) is 7.04. The Morgan fingerprint density at radius 3 is 2.61 bits per heavy atom. The third-order valence-corrected chi connectivity index (χ3v) is 5.58. The van der Waals surface area contributed by atoms with Crippen molar-refractivity contribution in [2.24, 2.45) is 14.1 Å². The van der Waals surface area contributed by atoms with E-state index in [0.717, 1.165) is 10.1 Å². The first kappa shape index (κ1) is 19.0. The first-order valence-electron chi connectivity index (χ1n) is 9.71. The average Bonchev–Trinajstić information content (AvgIpc) is 3.38. The molecule has 1 aliphatic rings. The molecule has 1 aromatic carbocycles. The molecule has 1 saturated heterocycles. The fourth-order valence-corrected chi connectivity index (χ4v) is 3.71. The number of aryl methyl sites for hydroxylation is 1. The quantitative estimate of drug-likeness (QED) is 0.458. The molecule has 0 spiro atoms. The largest absolute Gasteiger partial charge is 0.339 e. The van der Waals surface area contributed by atoms with Gasteiger partial charge in [-0.1, -0.05) is 35.5 Å². The van der Waals surface area contributed by atoms with Crippen LogP contribution in [0.4, 0.5) is 0 Å². The normalized spacial score (nSPS) is 14.2. The van der Waals surface area contributed by atoms with Gasteiger partial charge in [0.05, 0.1) is 12.2 Å². The zero-order chi connectivity index (χ0) is 21.7. The zero-order valence-electron chi connectivity index (χ0n) is 16.9. The number of carbonyl (C=O) groups is 1. The Bertz CT molecular complexity index is 1410. The average molecular weight is 421 g/mol. The number of imidazole rings is 1. The number of benzene rings is 1. The summed E-state index contributed by atoms with van der Waals surface area (Å²) in [7, 11) is 2.94. The smallest absolute Gasteiger partial charge is 0.332 e. The predicted molar refractivity (Wildman–Crippen MR) is 109 cm³/mol. The third kappa shape index (κ3) is 3.05. The van der Waals surface area contributed by atoms with E-state index >= 15 is 0 Å². The number of nitrogens with zero attached hydrogens (tertiary/aromatic N) is 7. The van der Waals surface area contributed by atoms with Crippen molar-refractivity contribution in [3.63, 3.8) is 0 Å². The minimum atomic E-state index is -0.482. The molecule has 0 bridgehead atoms. The van der Waals surface area contributed by atoms with Crippen LogP contribution in [0.3, 0.4) is 0 Å². The van der Waals surface area contributed by atoms with E-state index in [0.29, 0.717) is 24.8 Å². The summed E-state index contributed by atoms with van der Waals surface area (Å²) in [6.45, 7) is 0.868. The molecule has 11 nitrogen and oxygen atoms in total. The SMILES string of the molecule is Cn1c(=O)c2c(ncn2CC(=O)N2CC(c3nc(-c4ccccc4)no3)C2)n(C)c1=O. The molecule has 31 heavy (non-hydrogen) atoms. The van der Waals surface area contributed by atoms with Gasteiger partial charge in [-0.2, -0.15) is 4.98 Å². The van der Waals surface area contributed by atoms with Crippen molar-refractivity contribution in [2.45, 2.75) is 12.5 Å². The van der Waals surface area contributed by atoms with Gasteiger partial charge in [-0.05, 0) is 0 Å². The van der Waals surface area contributed by atoms with Crippen LogP contribution in [0, 0.1) is 0 Å². The van der Waals surface area contributed by atoms with E-state index in [9.17, 15) is 14.4 Å². The Morgan fingerprint density at radius 1 is 1.13 bits per heavy atom. The highest BCUT2D eigenvalue weighted by Crippen LogP contribution is 2.28. The lowest BCUT2D eigenvalue weighted by Gasteiger charge is -2.37. The molecule has 0 atom stereocenters. The molecular weight excluding hydrogens is 402 g/mol. The monoisotopic (exact) mass is 421 g/mol. The summed E-state index contributed by atoms with van der Waals surface area (Å²) < 4.78 is 9.15. The van der Waals surface area contributed by atoms with E-state index in [4.69, 9.17) is 4.52 Å². The van der Waals surface area contributed by atoms with Gasteiger partial charge >= 0.3 is 5.69 Å². The lowest BCUT2D eigenvalue weighted by Crippen LogP contribution is -2.49.